The van der Waals surface area contributed by atoms with Crippen LogP contribution in [0.5, 0.6) is 0 Å². The number of carbonyl (C=O) groups is 2. The number of hydrogen-bond donors (Lipinski definition) is 1. The lowest BCUT2D eigenvalue weighted by molar-refractivity contribution is -0.138. The lowest BCUT2D eigenvalue weighted by atomic mass is 9.94. The monoisotopic (exact) mass is 351 g/mol. The van der Waals surface area contributed by atoms with Crippen LogP contribution < -0.4 is 5.73 Å². The molecule has 1 aromatic rings. The van der Waals surface area contributed by atoms with Crippen molar-refractivity contribution in [1.29, 1.82) is 0 Å². The lowest BCUT2D eigenvalue weighted by Gasteiger charge is -2.36. The van der Waals surface area contributed by atoms with Crippen LogP contribution in [0.1, 0.15) is 29.6 Å². The van der Waals surface area contributed by atoms with Gasteiger partial charge in [-0.25, -0.2) is 0 Å². The zero-order chi connectivity index (χ0) is 16.2. The number of nitrogens with zero attached hydrogens (tertiary/aromatic N) is 2. The van der Waals surface area contributed by atoms with E-state index in [1.54, 1.807) is 0 Å². The van der Waals surface area contributed by atoms with Gasteiger partial charge in [0.05, 0.1) is 0 Å². The van der Waals surface area contributed by atoms with Gasteiger partial charge in [-0.3, -0.25) is 9.59 Å². The SMILES string of the molecule is Cl.NC[C@H]1CCC[C@H]1C(=O)N1CCN(C(=O)c2ccccc2)CC1. The predicted molar refractivity (Wildman–Crippen MR) is 96.1 cm³/mol. The smallest absolute Gasteiger partial charge is 0.253 e. The molecule has 2 aliphatic rings. The Labute approximate surface area is 149 Å². The molecule has 132 valence electrons. The molecule has 6 heteroatoms. The lowest BCUT2D eigenvalue weighted by Crippen LogP contribution is -2.52. The summed E-state index contributed by atoms with van der Waals surface area (Å²) in [7, 11) is 0. The molecule has 3 rings (SSSR count). The molecule has 1 aliphatic carbocycles. The van der Waals surface area contributed by atoms with Crippen molar-refractivity contribution in [3.05, 3.63) is 35.9 Å². The van der Waals surface area contributed by atoms with Gasteiger partial charge >= 0.3 is 0 Å². The third kappa shape index (κ3) is 3.90. The molecule has 2 fully saturated rings. The minimum atomic E-state index is 0. The summed E-state index contributed by atoms with van der Waals surface area (Å²) in [6.45, 7) is 3.08. The Kier molecular flexibility index (Phi) is 6.63. The number of hydrogen-bond acceptors (Lipinski definition) is 3. The van der Waals surface area contributed by atoms with Gasteiger partial charge in [0, 0.05) is 37.7 Å². The maximum Gasteiger partial charge on any atom is 0.253 e. The van der Waals surface area contributed by atoms with Crippen molar-refractivity contribution in [2.24, 2.45) is 17.6 Å². The van der Waals surface area contributed by atoms with Gasteiger partial charge in [-0.15, -0.1) is 12.4 Å². The molecular weight excluding hydrogens is 326 g/mol. The second kappa shape index (κ2) is 8.49. The van der Waals surface area contributed by atoms with Gasteiger partial charge < -0.3 is 15.5 Å². The fourth-order valence-electron chi connectivity index (χ4n) is 3.77. The molecule has 1 aliphatic heterocycles. The summed E-state index contributed by atoms with van der Waals surface area (Å²) in [6.07, 6.45) is 3.13. The van der Waals surface area contributed by atoms with E-state index in [4.69, 9.17) is 5.73 Å². The first kappa shape index (κ1) is 18.7. The molecule has 0 spiro atoms. The number of benzene rings is 1. The number of nitrogens with two attached hydrogens (primary N) is 1. The Hall–Kier alpha value is -1.59. The topological polar surface area (TPSA) is 66.6 Å². The zero-order valence-electron chi connectivity index (χ0n) is 13.9. The first-order valence-corrected chi connectivity index (χ1v) is 8.54. The first-order chi connectivity index (χ1) is 11.2. The normalized spacial score (nSPS) is 23.7. The fourth-order valence-corrected chi connectivity index (χ4v) is 3.77. The van der Waals surface area contributed by atoms with Crippen molar-refractivity contribution in [2.45, 2.75) is 19.3 Å². The molecule has 1 heterocycles. The van der Waals surface area contributed by atoms with Crippen LogP contribution in [0.4, 0.5) is 0 Å². The molecule has 24 heavy (non-hydrogen) atoms. The van der Waals surface area contributed by atoms with E-state index in [0.29, 0.717) is 44.2 Å². The summed E-state index contributed by atoms with van der Waals surface area (Å²) in [4.78, 5) is 28.9. The molecule has 0 unspecified atom stereocenters. The molecule has 1 saturated carbocycles. The maximum atomic E-state index is 12.7. The van der Waals surface area contributed by atoms with Gasteiger partial charge in [-0.1, -0.05) is 24.6 Å². The van der Waals surface area contributed by atoms with Crippen LogP contribution in [0.25, 0.3) is 0 Å². The van der Waals surface area contributed by atoms with Gasteiger partial charge in [0.2, 0.25) is 5.91 Å². The van der Waals surface area contributed by atoms with Crippen LogP contribution in [-0.2, 0) is 4.79 Å². The van der Waals surface area contributed by atoms with Crippen LogP contribution in [0, 0.1) is 11.8 Å². The van der Waals surface area contributed by atoms with Crippen molar-refractivity contribution in [2.75, 3.05) is 32.7 Å². The zero-order valence-corrected chi connectivity index (χ0v) is 14.7. The van der Waals surface area contributed by atoms with Gasteiger partial charge in [-0.05, 0) is 37.4 Å². The highest BCUT2D eigenvalue weighted by atomic mass is 35.5. The first-order valence-electron chi connectivity index (χ1n) is 8.54. The highest BCUT2D eigenvalue weighted by Gasteiger charge is 2.36. The average molecular weight is 352 g/mol. The van der Waals surface area contributed by atoms with Crippen LogP contribution in [0.15, 0.2) is 30.3 Å². The highest BCUT2D eigenvalue weighted by Crippen LogP contribution is 2.32. The van der Waals surface area contributed by atoms with Crippen molar-refractivity contribution in [3.8, 4) is 0 Å². The third-order valence-corrected chi connectivity index (χ3v) is 5.18. The van der Waals surface area contributed by atoms with E-state index in [-0.39, 0.29) is 30.1 Å². The molecule has 1 saturated heterocycles. The Morgan fingerprint density at radius 3 is 2.25 bits per heavy atom. The van der Waals surface area contributed by atoms with E-state index in [9.17, 15) is 9.59 Å². The summed E-state index contributed by atoms with van der Waals surface area (Å²) in [5, 5.41) is 0. The van der Waals surface area contributed by atoms with Crippen LogP contribution in [0.2, 0.25) is 0 Å². The number of carbonyl (C=O) groups excluding carboxylic acids is 2. The van der Waals surface area contributed by atoms with E-state index in [1.807, 2.05) is 40.1 Å². The fraction of sp³-hybridized carbons (Fsp3) is 0.556. The molecule has 0 bridgehead atoms. The number of amides is 2. The summed E-state index contributed by atoms with van der Waals surface area (Å²) in [5.41, 5.74) is 6.51. The van der Waals surface area contributed by atoms with E-state index >= 15 is 0 Å². The van der Waals surface area contributed by atoms with Crippen LogP contribution >= 0.6 is 12.4 Å². The van der Waals surface area contributed by atoms with E-state index in [2.05, 4.69) is 0 Å². The molecule has 0 aromatic heterocycles. The molecule has 5 nitrogen and oxygen atoms in total. The molecule has 0 radical (unpaired) electrons. The predicted octanol–water partition coefficient (Wildman–Crippen LogP) is 1.77. The molecule has 1 aromatic carbocycles. The number of halogens is 1. The quantitative estimate of drug-likeness (QED) is 0.902. The van der Waals surface area contributed by atoms with E-state index in [0.717, 1.165) is 19.3 Å². The van der Waals surface area contributed by atoms with E-state index < -0.39 is 0 Å². The van der Waals surface area contributed by atoms with E-state index in [1.165, 1.54) is 0 Å². The van der Waals surface area contributed by atoms with Gasteiger partial charge in [-0.2, -0.15) is 0 Å². The van der Waals surface area contributed by atoms with Crippen molar-refractivity contribution in [3.63, 3.8) is 0 Å². The molecule has 2 atom stereocenters. The largest absolute Gasteiger partial charge is 0.339 e. The average Bonchev–Trinajstić information content (AvgIpc) is 3.10. The standard InChI is InChI=1S/C18H25N3O2.ClH/c19-13-15-7-4-8-16(15)18(23)21-11-9-20(10-12-21)17(22)14-5-2-1-3-6-14;/h1-3,5-6,15-16H,4,7-13,19H2;1H/t15-,16-;/m1./s1. The van der Waals surface area contributed by atoms with Gasteiger partial charge in [0.15, 0.2) is 0 Å². The highest BCUT2D eigenvalue weighted by molar-refractivity contribution is 5.94. The summed E-state index contributed by atoms with van der Waals surface area (Å²) in [6, 6.07) is 9.33. The maximum absolute atomic E-state index is 12.7. The minimum Gasteiger partial charge on any atom is -0.339 e. The Morgan fingerprint density at radius 2 is 1.62 bits per heavy atom. The molecular formula is C18H26ClN3O2. The Bertz CT molecular complexity index is 559. The number of rotatable bonds is 3. The summed E-state index contributed by atoms with van der Waals surface area (Å²) in [5.74, 6) is 0.728. The second-order valence-electron chi connectivity index (χ2n) is 6.52. The van der Waals surface area contributed by atoms with Crippen LogP contribution in [0.3, 0.4) is 0 Å². The Morgan fingerprint density at radius 1 is 1.00 bits per heavy atom. The summed E-state index contributed by atoms with van der Waals surface area (Å²) < 4.78 is 0. The minimum absolute atomic E-state index is 0. The molecule has 2 N–H and O–H groups in total. The second-order valence-corrected chi connectivity index (χ2v) is 6.52. The Balaban J connectivity index is 0.00000208. The third-order valence-electron chi connectivity index (χ3n) is 5.18. The molecule has 2 amide bonds. The van der Waals surface area contributed by atoms with Gasteiger partial charge in [0.25, 0.3) is 5.91 Å². The van der Waals surface area contributed by atoms with Crippen molar-refractivity contribution < 1.29 is 9.59 Å². The van der Waals surface area contributed by atoms with Crippen LogP contribution in [-0.4, -0.2) is 54.3 Å². The summed E-state index contributed by atoms with van der Waals surface area (Å²) >= 11 is 0. The van der Waals surface area contributed by atoms with Crippen molar-refractivity contribution in [1.82, 2.24) is 9.80 Å². The van der Waals surface area contributed by atoms with Gasteiger partial charge in [0.1, 0.15) is 0 Å². The number of piperazine rings is 1. The van der Waals surface area contributed by atoms with Crippen molar-refractivity contribution >= 4 is 24.2 Å².